The summed E-state index contributed by atoms with van der Waals surface area (Å²) in [6, 6.07) is 12.2. The third kappa shape index (κ3) is 6.61. The maximum Gasteiger partial charge on any atom is 0.191 e. The summed E-state index contributed by atoms with van der Waals surface area (Å²) in [4.78, 5) is 4.57. The minimum absolute atomic E-state index is 0. The number of hydrogen-bond acceptors (Lipinski definition) is 2. The maximum absolute atomic E-state index is 4.57. The monoisotopic (exact) mass is 399 g/mol. The van der Waals surface area contributed by atoms with Crippen molar-refractivity contribution in [1.29, 1.82) is 0 Å². The van der Waals surface area contributed by atoms with Crippen molar-refractivity contribution >= 4 is 29.9 Å². The molecule has 5 nitrogen and oxygen atoms in total. The highest BCUT2D eigenvalue weighted by molar-refractivity contribution is 14.0. The number of nitrogens with zero attached hydrogens (tertiary/aromatic N) is 3. The highest BCUT2D eigenvalue weighted by Gasteiger charge is 1.97. The molecule has 114 valence electrons. The first kappa shape index (κ1) is 17.5. The highest BCUT2D eigenvalue weighted by Crippen LogP contribution is 1.99. The van der Waals surface area contributed by atoms with Crippen molar-refractivity contribution in [2.24, 2.45) is 4.99 Å². The van der Waals surface area contributed by atoms with Gasteiger partial charge >= 0.3 is 0 Å². The van der Waals surface area contributed by atoms with E-state index in [0.29, 0.717) is 6.54 Å². The van der Waals surface area contributed by atoms with Gasteiger partial charge in [0.1, 0.15) is 0 Å². The summed E-state index contributed by atoms with van der Waals surface area (Å²) in [5.41, 5.74) is 1.21. The number of aromatic nitrogens is 2. The number of nitrogens with one attached hydrogen (secondary N) is 2. The van der Waals surface area contributed by atoms with E-state index >= 15 is 0 Å². The van der Waals surface area contributed by atoms with E-state index in [-0.39, 0.29) is 24.0 Å². The van der Waals surface area contributed by atoms with Crippen LogP contribution in [0.5, 0.6) is 0 Å². The number of benzene rings is 1. The Hall–Kier alpha value is -1.57. The molecule has 1 aromatic carbocycles. The topological polar surface area (TPSA) is 54.2 Å². The molecule has 1 aromatic heterocycles. The van der Waals surface area contributed by atoms with Gasteiger partial charge in [-0.2, -0.15) is 5.10 Å². The van der Waals surface area contributed by atoms with Gasteiger partial charge in [0.05, 0.1) is 13.1 Å². The Morgan fingerprint density at radius 1 is 1.19 bits per heavy atom. The van der Waals surface area contributed by atoms with Crippen molar-refractivity contribution < 1.29 is 0 Å². The molecule has 2 N–H and O–H groups in total. The molecule has 0 aliphatic heterocycles. The zero-order valence-corrected chi connectivity index (χ0v) is 14.5. The lowest BCUT2D eigenvalue weighted by Gasteiger charge is -2.11. The Morgan fingerprint density at radius 2 is 2.00 bits per heavy atom. The lowest BCUT2D eigenvalue weighted by molar-refractivity contribution is 0.598. The molecule has 1 heterocycles. The molecular weight excluding hydrogens is 377 g/mol. The lowest BCUT2D eigenvalue weighted by Crippen LogP contribution is -2.38. The van der Waals surface area contributed by atoms with Crippen LogP contribution in [0.25, 0.3) is 0 Å². The Balaban J connectivity index is 0.00000220. The van der Waals surface area contributed by atoms with Gasteiger partial charge in [0.25, 0.3) is 0 Å². The van der Waals surface area contributed by atoms with Crippen molar-refractivity contribution in [2.75, 3.05) is 13.1 Å². The van der Waals surface area contributed by atoms with E-state index in [4.69, 9.17) is 0 Å². The molecule has 6 heteroatoms. The first-order chi connectivity index (χ1) is 9.88. The summed E-state index contributed by atoms with van der Waals surface area (Å²) >= 11 is 0. The van der Waals surface area contributed by atoms with E-state index in [2.05, 4.69) is 39.8 Å². The smallest absolute Gasteiger partial charge is 0.191 e. The van der Waals surface area contributed by atoms with Crippen LogP contribution in [0.2, 0.25) is 0 Å². The molecule has 0 radical (unpaired) electrons. The molecule has 2 aromatic rings. The number of hydrogen-bond donors (Lipinski definition) is 2. The first-order valence-corrected chi connectivity index (χ1v) is 6.92. The summed E-state index contributed by atoms with van der Waals surface area (Å²) in [6.45, 7) is 5.21. The molecule has 0 fully saturated rings. The fraction of sp³-hybridized carbons (Fsp3) is 0.333. The molecule has 2 rings (SSSR count). The molecule has 21 heavy (non-hydrogen) atoms. The van der Waals surface area contributed by atoms with Crippen molar-refractivity contribution in [3.8, 4) is 0 Å². The van der Waals surface area contributed by atoms with Crippen LogP contribution in [-0.2, 0) is 13.1 Å². The molecule has 0 bridgehead atoms. The lowest BCUT2D eigenvalue weighted by atomic mass is 10.2. The van der Waals surface area contributed by atoms with Crippen LogP contribution in [-0.4, -0.2) is 28.8 Å². The zero-order valence-electron chi connectivity index (χ0n) is 12.2. The summed E-state index contributed by atoms with van der Waals surface area (Å²) < 4.78 is 1.90. The van der Waals surface area contributed by atoms with Gasteiger partial charge < -0.3 is 10.6 Å². The average Bonchev–Trinajstić information content (AvgIpc) is 2.99. The molecular formula is C15H22IN5. The third-order valence-electron chi connectivity index (χ3n) is 2.80. The highest BCUT2D eigenvalue weighted by atomic mass is 127. The summed E-state index contributed by atoms with van der Waals surface area (Å²) in [7, 11) is 0. The van der Waals surface area contributed by atoms with Crippen molar-refractivity contribution in [3.63, 3.8) is 0 Å². The minimum atomic E-state index is 0. The molecule has 0 amide bonds. The number of aliphatic imine (C=N–C) groups is 1. The summed E-state index contributed by atoms with van der Waals surface area (Å²) in [5, 5.41) is 10.7. The molecule has 0 saturated carbocycles. The zero-order chi connectivity index (χ0) is 14.0. The molecule has 0 aliphatic rings. The molecule has 0 spiro atoms. The van der Waals surface area contributed by atoms with E-state index in [9.17, 15) is 0 Å². The van der Waals surface area contributed by atoms with E-state index in [1.165, 1.54) is 5.56 Å². The van der Waals surface area contributed by atoms with Gasteiger partial charge in [0, 0.05) is 25.5 Å². The van der Waals surface area contributed by atoms with Crippen LogP contribution in [0.4, 0.5) is 0 Å². The second-order valence-electron chi connectivity index (χ2n) is 4.38. The average molecular weight is 399 g/mol. The summed E-state index contributed by atoms with van der Waals surface area (Å²) in [5.74, 6) is 0.837. The van der Waals surface area contributed by atoms with E-state index in [0.717, 1.165) is 25.6 Å². The standard InChI is InChI=1S/C15H21N5.HI/c1-2-16-15(17-10-12-20-11-6-9-19-20)18-13-14-7-4-3-5-8-14;/h3-9,11H,2,10,12-13H2,1H3,(H2,16,17,18);1H. The summed E-state index contributed by atoms with van der Waals surface area (Å²) in [6.07, 6.45) is 3.74. The van der Waals surface area contributed by atoms with Gasteiger partial charge in [-0.1, -0.05) is 30.3 Å². The fourth-order valence-electron chi connectivity index (χ4n) is 1.82. The second-order valence-corrected chi connectivity index (χ2v) is 4.38. The molecule has 0 saturated heterocycles. The number of guanidine groups is 1. The van der Waals surface area contributed by atoms with Gasteiger partial charge in [-0.3, -0.25) is 4.68 Å². The van der Waals surface area contributed by atoms with Gasteiger partial charge in [0.2, 0.25) is 0 Å². The van der Waals surface area contributed by atoms with Crippen LogP contribution < -0.4 is 10.6 Å². The predicted molar refractivity (Wildman–Crippen MR) is 96.9 cm³/mol. The fourth-order valence-corrected chi connectivity index (χ4v) is 1.82. The second kappa shape index (κ2) is 10.2. The van der Waals surface area contributed by atoms with Crippen LogP contribution in [0.1, 0.15) is 12.5 Å². The van der Waals surface area contributed by atoms with Crippen molar-refractivity contribution in [2.45, 2.75) is 20.0 Å². The Bertz CT molecular complexity index is 510. The third-order valence-corrected chi connectivity index (χ3v) is 2.80. The largest absolute Gasteiger partial charge is 0.357 e. The van der Waals surface area contributed by atoms with E-state index in [1.807, 2.05) is 35.1 Å². The van der Waals surface area contributed by atoms with Gasteiger partial charge in [-0.25, -0.2) is 4.99 Å². The molecule has 0 atom stereocenters. The van der Waals surface area contributed by atoms with Crippen molar-refractivity contribution in [3.05, 3.63) is 54.4 Å². The van der Waals surface area contributed by atoms with E-state index < -0.39 is 0 Å². The van der Waals surface area contributed by atoms with Crippen LogP contribution in [0.15, 0.2) is 53.8 Å². The minimum Gasteiger partial charge on any atom is -0.357 e. The Kier molecular flexibility index (Phi) is 8.49. The molecule has 0 unspecified atom stereocenters. The SMILES string of the molecule is CCNC(=NCc1ccccc1)NCCn1cccn1.I. The molecule has 0 aliphatic carbocycles. The van der Waals surface area contributed by atoms with E-state index in [1.54, 1.807) is 6.20 Å². The van der Waals surface area contributed by atoms with Crippen molar-refractivity contribution in [1.82, 2.24) is 20.4 Å². The first-order valence-electron chi connectivity index (χ1n) is 6.92. The normalized spacial score (nSPS) is 10.8. The maximum atomic E-state index is 4.57. The van der Waals surface area contributed by atoms with Crippen LogP contribution in [0.3, 0.4) is 0 Å². The number of halogens is 1. The van der Waals surface area contributed by atoms with Crippen LogP contribution in [0, 0.1) is 0 Å². The van der Waals surface area contributed by atoms with Crippen LogP contribution >= 0.6 is 24.0 Å². The Morgan fingerprint density at radius 3 is 2.67 bits per heavy atom. The predicted octanol–water partition coefficient (Wildman–Crippen LogP) is 2.26. The quantitative estimate of drug-likeness (QED) is 0.445. The van der Waals surface area contributed by atoms with Gasteiger partial charge in [-0.05, 0) is 18.6 Å². The number of rotatable bonds is 6. The van der Waals surface area contributed by atoms with Gasteiger partial charge in [-0.15, -0.1) is 24.0 Å². The van der Waals surface area contributed by atoms with Gasteiger partial charge in [0.15, 0.2) is 5.96 Å². The Labute approximate surface area is 142 Å².